The molecule has 2 aromatic heterocycles. The Labute approximate surface area is 192 Å². The maximum atomic E-state index is 13.7. The second kappa shape index (κ2) is 8.88. The molecule has 2 aliphatic rings. The summed E-state index contributed by atoms with van der Waals surface area (Å²) < 4.78 is 31.8. The molecule has 1 fully saturated rings. The highest BCUT2D eigenvalue weighted by Gasteiger charge is 2.60. The van der Waals surface area contributed by atoms with Crippen LogP contribution in [0.2, 0.25) is 0 Å². The van der Waals surface area contributed by atoms with Crippen molar-refractivity contribution in [2.24, 2.45) is 18.9 Å². The van der Waals surface area contributed by atoms with E-state index in [0.29, 0.717) is 17.8 Å². The molecule has 11 heteroatoms. The Kier molecular flexibility index (Phi) is 6.30. The van der Waals surface area contributed by atoms with Crippen molar-refractivity contribution < 1.29 is 18.3 Å². The Morgan fingerprint density at radius 2 is 2.12 bits per heavy atom. The first kappa shape index (κ1) is 23.4. The predicted octanol–water partition coefficient (Wildman–Crippen LogP) is 0.494. The van der Waals surface area contributed by atoms with E-state index in [1.807, 2.05) is 13.8 Å². The van der Waals surface area contributed by atoms with Gasteiger partial charge in [0, 0.05) is 56.2 Å². The molecular formula is C22H29N5O5S. The monoisotopic (exact) mass is 475 g/mol. The average Bonchev–Trinajstić information content (AvgIpc) is 3.33. The fourth-order valence-electron chi connectivity index (χ4n) is 5.00. The molecule has 2 N–H and O–H groups in total. The quantitative estimate of drug-likeness (QED) is 0.600. The first-order valence-electron chi connectivity index (χ1n) is 11.0. The minimum absolute atomic E-state index is 0.0465. The fraction of sp³-hybridized carbons (Fsp3) is 0.500. The van der Waals surface area contributed by atoms with Crippen LogP contribution >= 0.6 is 0 Å². The molecule has 0 aliphatic carbocycles. The predicted molar refractivity (Wildman–Crippen MR) is 122 cm³/mol. The molecule has 2 bridgehead atoms. The second-order valence-corrected chi connectivity index (χ2v) is 10.3. The summed E-state index contributed by atoms with van der Waals surface area (Å²) >= 11 is 0. The smallest absolute Gasteiger partial charge is 0.263 e. The molecule has 0 radical (unpaired) electrons. The normalized spacial score (nSPS) is 24.8. The molecule has 178 valence electrons. The van der Waals surface area contributed by atoms with E-state index in [1.54, 1.807) is 35.9 Å². The number of aliphatic hydroxyl groups excluding tert-OH is 1. The third-order valence-electron chi connectivity index (χ3n) is 6.44. The van der Waals surface area contributed by atoms with E-state index in [1.165, 1.54) is 21.4 Å². The zero-order chi connectivity index (χ0) is 23.9. The Morgan fingerprint density at radius 1 is 1.36 bits per heavy atom. The summed E-state index contributed by atoms with van der Waals surface area (Å²) in [6.07, 6.45) is 6.98. The molecule has 4 heterocycles. The van der Waals surface area contributed by atoms with Gasteiger partial charge in [-0.2, -0.15) is 4.31 Å². The molecule has 2 aromatic rings. The number of aromatic nitrogens is 3. The molecule has 2 aliphatic heterocycles. The number of hydrogen-bond donors (Lipinski definition) is 2. The van der Waals surface area contributed by atoms with Crippen LogP contribution in [0.1, 0.15) is 37.6 Å². The zero-order valence-electron chi connectivity index (χ0n) is 18.9. The number of carbonyl (C=O) groups is 1. The van der Waals surface area contributed by atoms with E-state index in [2.05, 4.69) is 10.3 Å². The van der Waals surface area contributed by atoms with E-state index in [4.69, 9.17) is 0 Å². The van der Waals surface area contributed by atoms with Gasteiger partial charge in [-0.05, 0) is 25.5 Å². The highest BCUT2D eigenvalue weighted by molar-refractivity contribution is 7.89. The van der Waals surface area contributed by atoms with Crippen LogP contribution < -0.4 is 10.9 Å². The van der Waals surface area contributed by atoms with Crippen LogP contribution in [0, 0.1) is 11.8 Å². The number of hydrogen-bond acceptors (Lipinski definition) is 6. The van der Waals surface area contributed by atoms with Gasteiger partial charge in [0.2, 0.25) is 5.91 Å². The molecule has 0 unspecified atom stereocenters. The van der Waals surface area contributed by atoms with E-state index in [0.717, 1.165) is 6.42 Å². The number of pyridine rings is 1. The van der Waals surface area contributed by atoms with Gasteiger partial charge < -0.3 is 19.6 Å². The number of imidazole rings is 1. The van der Waals surface area contributed by atoms with Gasteiger partial charge in [0.1, 0.15) is 0 Å². The van der Waals surface area contributed by atoms with Crippen molar-refractivity contribution in [1.29, 1.82) is 0 Å². The summed E-state index contributed by atoms with van der Waals surface area (Å²) in [6.45, 7) is 3.83. The van der Waals surface area contributed by atoms with Gasteiger partial charge >= 0.3 is 0 Å². The van der Waals surface area contributed by atoms with E-state index >= 15 is 0 Å². The van der Waals surface area contributed by atoms with Crippen LogP contribution in [0.4, 0.5) is 0 Å². The largest absolute Gasteiger partial charge is 0.396 e. The molecule has 4 atom stereocenters. The molecule has 0 spiro atoms. The number of sulfonamides is 1. The van der Waals surface area contributed by atoms with Gasteiger partial charge in [0.25, 0.3) is 15.6 Å². The van der Waals surface area contributed by atoms with Gasteiger partial charge in [-0.25, -0.2) is 13.4 Å². The first-order chi connectivity index (χ1) is 15.8. The van der Waals surface area contributed by atoms with E-state index < -0.39 is 33.9 Å². The Hall–Kier alpha value is -2.76. The fourth-order valence-corrected chi connectivity index (χ4v) is 6.82. The summed E-state index contributed by atoms with van der Waals surface area (Å²) in [5.74, 6) is -1.84. The van der Waals surface area contributed by atoms with Crippen LogP contribution in [0.3, 0.4) is 0 Å². The minimum Gasteiger partial charge on any atom is -0.396 e. The van der Waals surface area contributed by atoms with Crippen molar-refractivity contribution in [3.05, 3.63) is 52.3 Å². The van der Waals surface area contributed by atoms with Gasteiger partial charge in [-0.3, -0.25) is 9.59 Å². The highest BCUT2D eigenvalue weighted by atomic mass is 32.2. The lowest BCUT2D eigenvalue weighted by atomic mass is 9.86. The van der Waals surface area contributed by atoms with Crippen LogP contribution in [-0.2, 0) is 28.4 Å². The molecule has 0 saturated carbocycles. The molecule has 1 amide bonds. The summed E-state index contributed by atoms with van der Waals surface area (Å²) in [5, 5.41) is 13.0. The van der Waals surface area contributed by atoms with Gasteiger partial charge in [0.05, 0.1) is 18.3 Å². The molecule has 1 saturated heterocycles. The lowest BCUT2D eigenvalue weighted by Crippen LogP contribution is -2.49. The van der Waals surface area contributed by atoms with Crippen molar-refractivity contribution >= 4 is 22.0 Å². The Balaban J connectivity index is 1.92. The van der Waals surface area contributed by atoms with Crippen LogP contribution in [0.5, 0.6) is 0 Å². The van der Waals surface area contributed by atoms with Crippen molar-refractivity contribution in [1.82, 2.24) is 23.7 Å². The number of nitrogens with one attached hydrogen (secondary N) is 1. The van der Waals surface area contributed by atoms with Crippen molar-refractivity contribution in [3.63, 3.8) is 0 Å². The summed E-state index contributed by atoms with van der Waals surface area (Å²) in [6, 6.07) is 1.65. The number of nitrogens with zero attached hydrogens (tertiary/aromatic N) is 4. The highest BCUT2D eigenvalue weighted by Crippen LogP contribution is 2.50. The summed E-state index contributed by atoms with van der Waals surface area (Å²) in [5.41, 5.74) is 0.674. The van der Waals surface area contributed by atoms with Crippen molar-refractivity contribution in [3.8, 4) is 0 Å². The number of aryl methyl sites for hydroxylation is 1. The molecule has 0 aromatic carbocycles. The van der Waals surface area contributed by atoms with Crippen molar-refractivity contribution in [2.45, 2.75) is 43.9 Å². The zero-order valence-corrected chi connectivity index (χ0v) is 19.7. The van der Waals surface area contributed by atoms with Crippen LogP contribution in [0.25, 0.3) is 6.08 Å². The number of aliphatic hydroxyl groups is 1. The number of fused-ring (bicyclic) bond motifs is 4. The first-order valence-corrected chi connectivity index (χ1v) is 12.5. The summed E-state index contributed by atoms with van der Waals surface area (Å²) in [7, 11) is -2.43. The Morgan fingerprint density at radius 3 is 2.73 bits per heavy atom. The third-order valence-corrected chi connectivity index (χ3v) is 8.23. The number of allylic oxidation sites excluding steroid dienone is 1. The standard InChI is InChI=1S/C22H29N5O5S/c1-4-6-14-7-8-16-20-19(21(29)23-9-5-2)15(12-28)17(10-26(16)22(14)30)27(20)33(31,32)18-11-25(3)13-24-18/h4,6-8,11,13,15,17,19-20,28H,5,9-10,12H2,1-3H3,(H,23,29)/b6-4-/t15-,17-,19+,20+/m0/s1. The summed E-state index contributed by atoms with van der Waals surface area (Å²) in [4.78, 5) is 30.4. The SMILES string of the molecule is C/C=C\c1ccc2n(c1=O)C[C@H]1[C@H](CO)[C@@H](C(=O)NCCC)[C@@H]2N1S(=O)(=O)c1cn(C)cn1. The second-order valence-electron chi connectivity index (χ2n) is 8.52. The topological polar surface area (TPSA) is 127 Å². The average molecular weight is 476 g/mol. The van der Waals surface area contributed by atoms with Gasteiger partial charge in [-0.15, -0.1) is 0 Å². The lowest BCUT2D eigenvalue weighted by Gasteiger charge is -2.36. The molecule has 4 rings (SSSR count). The molecular weight excluding hydrogens is 446 g/mol. The molecule has 10 nitrogen and oxygen atoms in total. The Bertz CT molecular complexity index is 1250. The number of amides is 1. The van der Waals surface area contributed by atoms with Crippen LogP contribution in [-0.4, -0.2) is 57.0 Å². The van der Waals surface area contributed by atoms with Gasteiger partial charge in [-0.1, -0.05) is 19.1 Å². The number of carbonyl (C=O) groups excluding carboxylic acids is 1. The molecule has 33 heavy (non-hydrogen) atoms. The van der Waals surface area contributed by atoms with E-state index in [9.17, 15) is 23.1 Å². The van der Waals surface area contributed by atoms with Crippen molar-refractivity contribution in [2.75, 3.05) is 13.2 Å². The minimum atomic E-state index is -4.10. The van der Waals surface area contributed by atoms with Gasteiger partial charge in [0.15, 0.2) is 5.03 Å². The number of rotatable bonds is 7. The van der Waals surface area contributed by atoms with Crippen LogP contribution in [0.15, 0.2) is 40.6 Å². The maximum absolute atomic E-state index is 13.7. The third kappa shape index (κ3) is 3.73. The lowest BCUT2D eigenvalue weighted by molar-refractivity contribution is -0.127. The maximum Gasteiger partial charge on any atom is 0.263 e. The van der Waals surface area contributed by atoms with E-state index in [-0.39, 0.29) is 29.6 Å².